The molecule has 0 bridgehead atoms. The van der Waals surface area contributed by atoms with Gasteiger partial charge in [-0.15, -0.1) is 0 Å². The van der Waals surface area contributed by atoms with Crippen molar-refractivity contribution in [1.29, 1.82) is 0 Å². The van der Waals surface area contributed by atoms with Crippen LogP contribution in [-0.4, -0.2) is 30.6 Å². The van der Waals surface area contributed by atoms with E-state index >= 15 is 0 Å². The van der Waals surface area contributed by atoms with Gasteiger partial charge in [-0.2, -0.15) is 13.2 Å². The zero-order valence-electron chi connectivity index (χ0n) is 10.2. The van der Waals surface area contributed by atoms with E-state index in [1.807, 2.05) is 0 Å². The van der Waals surface area contributed by atoms with Crippen molar-refractivity contribution in [3.8, 4) is 0 Å². The first kappa shape index (κ1) is 13.9. The van der Waals surface area contributed by atoms with Gasteiger partial charge in [0.15, 0.2) is 6.29 Å². The predicted octanol–water partition coefficient (Wildman–Crippen LogP) is 2.48. The monoisotopic (exact) mass is 273 g/mol. The second-order valence-electron chi connectivity index (χ2n) is 4.61. The van der Waals surface area contributed by atoms with Gasteiger partial charge in [0, 0.05) is 24.3 Å². The Balaban J connectivity index is 2.34. The average molecular weight is 273 g/mol. The number of aliphatic hydroxyl groups excluding tert-OH is 1. The van der Waals surface area contributed by atoms with Gasteiger partial charge in [-0.05, 0) is 31.0 Å². The topological polar surface area (TPSA) is 40.5 Å². The molecule has 1 fully saturated rings. The number of piperidine rings is 1. The Morgan fingerprint density at radius 2 is 1.89 bits per heavy atom. The third-order valence-electron chi connectivity index (χ3n) is 3.29. The number of aliphatic hydroxyl groups is 1. The number of rotatable bonds is 2. The molecule has 0 spiro atoms. The van der Waals surface area contributed by atoms with Crippen LogP contribution >= 0.6 is 0 Å². The lowest BCUT2D eigenvalue weighted by molar-refractivity contribution is -0.137. The van der Waals surface area contributed by atoms with E-state index in [4.69, 9.17) is 0 Å². The first-order chi connectivity index (χ1) is 8.91. The van der Waals surface area contributed by atoms with Gasteiger partial charge in [-0.3, -0.25) is 4.79 Å². The number of alkyl halides is 3. The molecule has 0 aliphatic carbocycles. The second kappa shape index (κ2) is 5.21. The van der Waals surface area contributed by atoms with Crippen molar-refractivity contribution >= 4 is 12.0 Å². The van der Waals surface area contributed by atoms with E-state index in [2.05, 4.69) is 0 Å². The second-order valence-corrected chi connectivity index (χ2v) is 4.61. The highest BCUT2D eigenvalue weighted by Gasteiger charge is 2.32. The van der Waals surface area contributed by atoms with Crippen LogP contribution in [0.5, 0.6) is 0 Å². The highest BCUT2D eigenvalue weighted by Crippen LogP contribution is 2.33. The lowest BCUT2D eigenvalue weighted by Gasteiger charge is -2.32. The van der Waals surface area contributed by atoms with E-state index in [-0.39, 0.29) is 11.3 Å². The average Bonchev–Trinajstić information content (AvgIpc) is 2.38. The van der Waals surface area contributed by atoms with Crippen molar-refractivity contribution in [2.45, 2.75) is 25.1 Å². The number of carbonyl (C=O) groups is 1. The summed E-state index contributed by atoms with van der Waals surface area (Å²) >= 11 is 0. The van der Waals surface area contributed by atoms with Gasteiger partial charge in [0.2, 0.25) is 0 Å². The number of anilines is 1. The largest absolute Gasteiger partial charge is 0.416 e. The number of aldehydes is 1. The summed E-state index contributed by atoms with van der Waals surface area (Å²) in [5, 5.41) is 9.41. The number of hydrogen-bond acceptors (Lipinski definition) is 3. The molecule has 6 heteroatoms. The van der Waals surface area contributed by atoms with Crippen LogP contribution in [0, 0.1) is 0 Å². The van der Waals surface area contributed by atoms with Crippen LogP contribution in [0.1, 0.15) is 28.8 Å². The highest BCUT2D eigenvalue weighted by molar-refractivity contribution is 5.85. The molecule has 19 heavy (non-hydrogen) atoms. The maximum atomic E-state index is 12.7. The van der Waals surface area contributed by atoms with E-state index in [9.17, 15) is 23.1 Å². The van der Waals surface area contributed by atoms with Gasteiger partial charge in [-0.25, -0.2) is 0 Å². The predicted molar refractivity (Wildman–Crippen MR) is 64.3 cm³/mol. The van der Waals surface area contributed by atoms with Crippen molar-refractivity contribution in [2.75, 3.05) is 18.0 Å². The van der Waals surface area contributed by atoms with Crippen LogP contribution < -0.4 is 4.90 Å². The maximum Gasteiger partial charge on any atom is 0.416 e. The molecule has 0 saturated carbocycles. The van der Waals surface area contributed by atoms with E-state index in [1.165, 1.54) is 6.07 Å². The lowest BCUT2D eigenvalue weighted by Crippen LogP contribution is -2.36. The molecule has 0 aromatic heterocycles. The van der Waals surface area contributed by atoms with E-state index in [0.29, 0.717) is 32.2 Å². The third kappa shape index (κ3) is 3.07. The Labute approximate surface area is 108 Å². The molecule has 1 aromatic carbocycles. The summed E-state index contributed by atoms with van der Waals surface area (Å²) in [4.78, 5) is 12.7. The van der Waals surface area contributed by atoms with E-state index in [0.717, 1.165) is 12.1 Å². The fourth-order valence-electron chi connectivity index (χ4n) is 2.20. The molecule has 104 valence electrons. The van der Waals surface area contributed by atoms with Gasteiger partial charge in [0.1, 0.15) is 0 Å². The highest BCUT2D eigenvalue weighted by atomic mass is 19.4. The Kier molecular flexibility index (Phi) is 3.80. The third-order valence-corrected chi connectivity index (χ3v) is 3.29. The van der Waals surface area contributed by atoms with Gasteiger partial charge in [-0.1, -0.05) is 0 Å². The fourth-order valence-corrected chi connectivity index (χ4v) is 2.20. The standard InChI is InChI=1S/C13H14F3NO2/c14-13(15,16)10-2-1-9(8-18)12(7-10)17-5-3-11(19)4-6-17/h1-2,7-8,11,19H,3-6H2. The summed E-state index contributed by atoms with van der Waals surface area (Å²) in [6.45, 7) is 0.895. The van der Waals surface area contributed by atoms with Crippen LogP contribution in [0.4, 0.5) is 18.9 Å². The summed E-state index contributed by atoms with van der Waals surface area (Å²) in [5.74, 6) is 0. The Morgan fingerprint density at radius 1 is 1.26 bits per heavy atom. The molecule has 1 heterocycles. The van der Waals surface area contributed by atoms with E-state index in [1.54, 1.807) is 4.90 Å². The molecular formula is C13H14F3NO2. The van der Waals surface area contributed by atoms with Crippen LogP contribution in [0.15, 0.2) is 18.2 Å². The molecule has 1 saturated heterocycles. The summed E-state index contributed by atoms with van der Waals surface area (Å²) in [6.07, 6.45) is -3.29. The number of nitrogens with zero attached hydrogens (tertiary/aromatic N) is 1. The van der Waals surface area contributed by atoms with Gasteiger partial charge < -0.3 is 10.0 Å². The quantitative estimate of drug-likeness (QED) is 0.842. The number of carbonyl (C=O) groups excluding carboxylic acids is 1. The molecule has 0 amide bonds. The number of halogens is 3. The van der Waals surface area contributed by atoms with Crippen molar-refractivity contribution in [3.63, 3.8) is 0 Å². The zero-order valence-corrected chi connectivity index (χ0v) is 10.2. The van der Waals surface area contributed by atoms with Crippen LogP contribution in [-0.2, 0) is 6.18 Å². The van der Waals surface area contributed by atoms with Crippen LogP contribution in [0.2, 0.25) is 0 Å². The zero-order chi connectivity index (χ0) is 14.0. The number of benzene rings is 1. The summed E-state index contributed by atoms with van der Waals surface area (Å²) in [5.41, 5.74) is -0.236. The molecule has 2 rings (SSSR count). The minimum Gasteiger partial charge on any atom is -0.393 e. The molecule has 1 aromatic rings. The van der Waals surface area contributed by atoms with Crippen molar-refractivity contribution in [1.82, 2.24) is 0 Å². The fraction of sp³-hybridized carbons (Fsp3) is 0.462. The van der Waals surface area contributed by atoms with Crippen LogP contribution in [0.25, 0.3) is 0 Å². The smallest absolute Gasteiger partial charge is 0.393 e. The molecule has 1 aliphatic rings. The summed E-state index contributed by atoms with van der Waals surface area (Å²) in [7, 11) is 0. The van der Waals surface area contributed by atoms with Crippen molar-refractivity contribution in [3.05, 3.63) is 29.3 Å². The molecule has 3 nitrogen and oxygen atoms in total. The van der Waals surface area contributed by atoms with Crippen molar-refractivity contribution < 1.29 is 23.1 Å². The Bertz CT molecular complexity index is 465. The SMILES string of the molecule is O=Cc1ccc(C(F)(F)F)cc1N1CCC(O)CC1. The Hall–Kier alpha value is -1.56. The minimum absolute atomic E-state index is 0.240. The normalized spacial score (nSPS) is 17.6. The van der Waals surface area contributed by atoms with Crippen LogP contribution in [0.3, 0.4) is 0 Å². The van der Waals surface area contributed by atoms with Gasteiger partial charge in [0.05, 0.1) is 11.7 Å². The minimum atomic E-state index is -4.43. The molecule has 0 radical (unpaired) electrons. The van der Waals surface area contributed by atoms with E-state index < -0.39 is 17.8 Å². The summed E-state index contributed by atoms with van der Waals surface area (Å²) in [6, 6.07) is 3.10. The molecule has 1 N–H and O–H groups in total. The van der Waals surface area contributed by atoms with Crippen molar-refractivity contribution in [2.24, 2.45) is 0 Å². The van der Waals surface area contributed by atoms with Gasteiger partial charge >= 0.3 is 6.18 Å². The molecule has 0 unspecified atom stereocenters. The molecule has 0 atom stereocenters. The molecular weight excluding hydrogens is 259 g/mol. The first-order valence-corrected chi connectivity index (χ1v) is 6.01. The lowest BCUT2D eigenvalue weighted by atomic mass is 10.0. The molecule has 1 aliphatic heterocycles. The first-order valence-electron chi connectivity index (χ1n) is 6.01. The Morgan fingerprint density at radius 3 is 2.42 bits per heavy atom. The summed E-state index contributed by atoms with van der Waals surface area (Å²) < 4.78 is 38.1. The number of hydrogen-bond donors (Lipinski definition) is 1. The maximum absolute atomic E-state index is 12.7. The van der Waals surface area contributed by atoms with Gasteiger partial charge in [0.25, 0.3) is 0 Å².